The second-order valence-electron chi connectivity index (χ2n) is 6.62. The van der Waals surface area contributed by atoms with Gasteiger partial charge in [-0.15, -0.1) is 0 Å². The summed E-state index contributed by atoms with van der Waals surface area (Å²) in [6.45, 7) is 0.866. The predicted molar refractivity (Wildman–Crippen MR) is 106 cm³/mol. The van der Waals surface area contributed by atoms with Crippen LogP contribution in [0.3, 0.4) is 0 Å². The monoisotopic (exact) mass is 417 g/mol. The van der Waals surface area contributed by atoms with Crippen molar-refractivity contribution in [2.24, 2.45) is 0 Å². The highest BCUT2D eigenvalue weighted by Gasteiger charge is 2.31. The predicted octanol–water partition coefficient (Wildman–Crippen LogP) is 0.397. The first-order valence-electron chi connectivity index (χ1n) is 9.06. The molecule has 0 spiro atoms. The summed E-state index contributed by atoms with van der Waals surface area (Å²) >= 11 is 0. The number of aromatic nitrogens is 1. The van der Waals surface area contributed by atoms with Gasteiger partial charge in [-0.05, 0) is 29.1 Å². The summed E-state index contributed by atoms with van der Waals surface area (Å²) in [5.41, 5.74) is 3.27. The summed E-state index contributed by atoms with van der Waals surface area (Å²) in [5, 5.41) is 2.15. The van der Waals surface area contributed by atoms with Gasteiger partial charge in [0.15, 0.2) is 35.7 Å². The van der Waals surface area contributed by atoms with Gasteiger partial charge < -0.3 is 36.1 Å². The third-order valence-electron chi connectivity index (χ3n) is 5.28. The summed E-state index contributed by atoms with van der Waals surface area (Å²) < 4.78 is 30.0. The molecule has 154 valence electrons. The van der Waals surface area contributed by atoms with Crippen molar-refractivity contribution in [1.29, 1.82) is 0 Å². The molecule has 4 rings (SSSR count). The van der Waals surface area contributed by atoms with E-state index in [0.717, 1.165) is 40.7 Å². The van der Waals surface area contributed by atoms with Crippen LogP contribution in [0.15, 0.2) is 30.5 Å². The van der Waals surface area contributed by atoms with Crippen molar-refractivity contribution in [3.8, 4) is 40.0 Å². The number of rotatable bonds is 5. The van der Waals surface area contributed by atoms with Gasteiger partial charge in [0.05, 0.1) is 41.1 Å². The van der Waals surface area contributed by atoms with Crippen molar-refractivity contribution in [3.05, 3.63) is 36.0 Å². The maximum absolute atomic E-state index is 5.76. The molecule has 29 heavy (non-hydrogen) atoms. The van der Waals surface area contributed by atoms with Crippen LogP contribution in [-0.4, -0.2) is 35.5 Å². The van der Waals surface area contributed by atoms with E-state index in [1.807, 2.05) is 18.2 Å². The number of nitrogens with zero attached hydrogens (tertiary/aromatic N) is 1. The molecule has 0 fully saturated rings. The molecule has 0 aliphatic carbocycles. The highest BCUT2D eigenvalue weighted by Crippen LogP contribution is 2.47. The van der Waals surface area contributed by atoms with E-state index >= 15 is 0 Å². The van der Waals surface area contributed by atoms with Crippen LogP contribution < -0.4 is 40.7 Å². The number of ether oxygens (including phenoxy) is 5. The average molecular weight is 418 g/mol. The molecular weight excluding hydrogens is 394 g/mol. The first kappa shape index (κ1) is 20.9. The van der Waals surface area contributed by atoms with Crippen molar-refractivity contribution >= 4 is 10.8 Å². The van der Waals surface area contributed by atoms with Crippen molar-refractivity contribution in [1.82, 2.24) is 0 Å². The van der Waals surface area contributed by atoms with E-state index in [1.165, 1.54) is 5.56 Å². The Bertz CT molecular complexity index is 1070. The lowest BCUT2D eigenvalue weighted by atomic mass is 9.94. The molecule has 0 saturated heterocycles. The van der Waals surface area contributed by atoms with Crippen LogP contribution in [0.25, 0.3) is 22.0 Å². The molecule has 7 heteroatoms. The zero-order valence-corrected chi connectivity index (χ0v) is 17.9. The van der Waals surface area contributed by atoms with Gasteiger partial charge in [-0.25, -0.2) is 0 Å². The maximum Gasteiger partial charge on any atom is 0.217 e. The van der Waals surface area contributed by atoms with E-state index in [4.69, 9.17) is 23.7 Å². The SMILES string of the molecule is COc1cc2cc3[n+](cc2cc1OC)CCc1cc(OC)c(OC)c(OC)c1-3.[Cl-]. The number of aryl methyl sites for hydroxylation is 2. The molecule has 1 aliphatic rings. The second kappa shape index (κ2) is 8.25. The Hall–Kier alpha value is -2.86. The van der Waals surface area contributed by atoms with Crippen LogP contribution in [0.4, 0.5) is 0 Å². The van der Waals surface area contributed by atoms with E-state index in [1.54, 1.807) is 35.5 Å². The minimum atomic E-state index is 0. The zero-order valence-electron chi connectivity index (χ0n) is 17.2. The molecule has 0 saturated carbocycles. The summed E-state index contributed by atoms with van der Waals surface area (Å²) in [4.78, 5) is 0. The largest absolute Gasteiger partial charge is 1.00 e. The zero-order chi connectivity index (χ0) is 19.8. The topological polar surface area (TPSA) is 50.0 Å². The van der Waals surface area contributed by atoms with E-state index in [9.17, 15) is 0 Å². The Morgan fingerprint density at radius 1 is 0.690 bits per heavy atom. The van der Waals surface area contributed by atoms with Crippen LogP contribution in [0.5, 0.6) is 28.7 Å². The third-order valence-corrected chi connectivity index (χ3v) is 5.28. The van der Waals surface area contributed by atoms with Gasteiger partial charge in [0.25, 0.3) is 0 Å². The van der Waals surface area contributed by atoms with Crippen molar-refractivity contribution < 1.29 is 40.7 Å². The molecule has 1 aromatic heterocycles. The summed E-state index contributed by atoms with van der Waals surface area (Å²) in [5.74, 6) is 3.39. The van der Waals surface area contributed by atoms with Crippen molar-refractivity contribution in [2.45, 2.75) is 13.0 Å². The van der Waals surface area contributed by atoms with Crippen molar-refractivity contribution in [2.75, 3.05) is 35.5 Å². The number of hydrogen-bond acceptors (Lipinski definition) is 5. The molecule has 0 unspecified atom stereocenters. The lowest BCUT2D eigenvalue weighted by Gasteiger charge is -2.22. The first-order valence-corrected chi connectivity index (χ1v) is 9.06. The number of fused-ring (bicyclic) bond motifs is 4. The van der Waals surface area contributed by atoms with Gasteiger partial charge in [0, 0.05) is 17.9 Å². The molecule has 0 bridgehead atoms. The average Bonchev–Trinajstić information content (AvgIpc) is 2.74. The smallest absolute Gasteiger partial charge is 0.217 e. The summed E-state index contributed by atoms with van der Waals surface area (Å²) in [7, 11) is 8.22. The fraction of sp³-hybridized carbons (Fsp3) is 0.318. The van der Waals surface area contributed by atoms with Crippen LogP contribution in [0.2, 0.25) is 0 Å². The van der Waals surface area contributed by atoms with E-state index in [2.05, 4.69) is 16.8 Å². The Kier molecular flexibility index (Phi) is 5.94. The Labute approximate surface area is 176 Å². The van der Waals surface area contributed by atoms with Gasteiger partial charge >= 0.3 is 0 Å². The Morgan fingerprint density at radius 2 is 1.31 bits per heavy atom. The lowest BCUT2D eigenvalue weighted by Crippen LogP contribution is -3.00. The van der Waals surface area contributed by atoms with E-state index < -0.39 is 0 Å². The molecule has 2 heterocycles. The molecule has 0 atom stereocenters. The molecule has 0 amide bonds. The fourth-order valence-corrected chi connectivity index (χ4v) is 3.94. The molecule has 2 aromatic carbocycles. The Morgan fingerprint density at radius 3 is 1.90 bits per heavy atom. The van der Waals surface area contributed by atoms with Crippen LogP contribution in [0, 0.1) is 0 Å². The standard InChI is InChI=1S/C22H24NO5.ClH/c1-24-17-10-14-8-16-20-13(9-19(26-3)21(27-4)22(20)28-5)6-7-23(16)12-15(14)11-18(17)25-2;/h8-12H,6-7H2,1-5H3;1H/q+1;/p-1. The van der Waals surface area contributed by atoms with Crippen LogP contribution in [0.1, 0.15) is 5.56 Å². The van der Waals surface area contributed by atoms with E-state index in [-0.39, 0.29) is 12.4 Å². The molecule has 3 aromatic rings. The first-order chi connectivity index (χ1) is 13.6. The molecule has 0 N–H and O–H groups in total. The summed E-state index contributed by atoms with van der Waals surface area (Å²) in [6, 6.07) is 8.20. The number of methoxy groups -OCH3 is 5. The van der Waals surface area contributed by atoms with Crippen LogP contribution in [-0.2, 0) is 13.0 Å². The van der Waals surface area contributed by atoms with Crippen LogP contribution >= 0.6 is 0 Å². The van der Waals surface area contributed by atoms with Gasteiger partial charge in [-0.2, -0.15) is 4.57 Å². The number of pyridine rings is 1. The number of hydrogen-bond donors (Lipinski definition) is 0. The molecule has 0 radical (unpaired) electrons. The molecule has 1 aliphatic heterocycles. The quantitative estimate of drug-likeness (QED) is 0.562. The van der Waals surface area contributed by atoms with Crippen molar-refractivity contribution in [3.63, 3.8) is 0 Å². The minimum Gasteiger partial charge on any atom is -1.00 e. The highest BCUT2D eigenvalue weighted by molar-refractivity contribution is 5.89. The lowest BCUT2D eigenvalue weighted by molar-refractivity contribution is -0.686. The number of halogens is 1. The number of benzene rings is 2. The minimum absolute atomic E-state index is 0. The fourth-order valence-electron chi connectivity index (χ4n) is 3.94. The Balaban J connectivity index is 0.00000240. The third kappa shape index (κ3) is 3.27. The summed E-state index contributed by atoms with van der Waals surface area (Å²) in [6.07, 6.45) is 3.02. The highest BCUT2D eigenvalue weighted by atomic mass is 35.5. The molecular formula is C22H24ClNO5. The van der Waals surface area contributed by atoms with Gasteiger partial charge in [0.1, 0.15) is 0 Å². The molecule has 6 nitrogen and oxygen atoms in total. The van der Waals surface area contributed by atoms with Gasteiger partial charge in [0.2, 0.25) is 11.4 Å². The van der Waals surface area contributed by atoms with Gasteiger partial charge in [-0.1, -0.05) is 0 Å². The maximum atomic E-state index is 5.76. The normalized spacial score (nSPS) is 11.8. The van der Waals surface area contributed by atoms with Gasteiger partial charge in [-0.3, -0.25) is 0 Å². The second-order valence-corrected chi connectivity index (χ2v) is 6.62. The van der Waals surface area contributed by atoms with E-state index in [0.29, 0.717) is 23.0 Å².